The Labute approximate surface area is 125 Å². The summed E-state index contributed by atoms with van der Waals surface area (Å²) in [5.41, 5.74) is 1.11. The zero-order valence-corrected chi connectivity index (χ0v) is 12.8. The van der Waals surface area contributed by atoms with E-state index in [0.717, 1.165) is 36.9 Å². The van der Waals surface area contributed by atoms with Crippen molar-refractivity contribution >= 4 is 23.2 Å². The van der Waals surface area contributed by atoms with Crippen LogP contribution in [0.1, 0.15) is 13.8 Å². The zero-order valence-electron chi connectivity index (χ0n) is 12.0. The normalized spacial score (nSPS) is 17.1. The van der Waals surface area contributed by atoms with Crippen LogP contribution in [0.2, 0.25) is 5.02 Å². The molecule has 1 saturated heterocycles. The molecule has 0 aromatic heterocycles. The van der Waals surface area contributed by atoms with Gasteiger partial charge < -0.3 is 14.5 Å². The number of anilines is 1. The molecule has 1 aromatic carbocycles. The second kappa shape index (κ2) is 6.95. The van der Waals surface area contributed by atoms with Gasteiger partial charge in [-0.2, -0.15) is 0 Å². The highest BCUT2D eigenvalue weighted by atomic mass is 35.5. The molecule has 0 radical (unpaired) electrons. The molecule has 5 heteroatoms. The molecule has 2 rings (SSSR count). The van der Waals surface area contributed by atoms with E-state index in [0.29, 0.717) is 6.61 Å². The third-order valence-electron chi connectivity index (χ3n) is 3.53. The van der Waals surface area contributed by atoms with Gasteiger partial charge in [-0.15, -0.1) is 0 Å². The minimum Gasteiger partial charge on any atom is -0.369 e. The summed E-state index contributed by atoms with van der Waals surface area (Å²) in [4.78, 5) is 16.3. The number of hydrogen-bond donors (Lipinski definition) is 0. The summed E-state index contributed by atoms with van der Waals surface area (Å²) >= 11 is 6.01. The van der Waals surface area contributed by atoms with E-state index in [4.69, 9.17) is 16.3 Å². The van der Waals surface area contributed by atoms with Crippen LogP contribution in [-0.2, 0) is 9.53 Å². The van der Waals surface area contributed by atoms with Gasteiger partial charge in [0.1, 0.15) is 6.10 Å². The van der Waals surface area contributed by atoms with Crippen LogP contribution < -0.4 is 4.90 Å². The average molecular weight is 297 g/mol. The number of carbonyl (C=O) groups excluding carboxylic acids is 1. The van der Waals surface area contributed by atoms with Gasteiger partial charge in [0.05, 0.1) is 0 Å². The van der Waals surface area contributed by atoms with E-state index >= 15 is 0 Å². The Hall–Kier alpha value is -1.26. The van der Waals surface area contributed by atoms with Crippen LogP contribution in [0.5, 0.6) is 0 Å². The fraction of sp³-hybridized carbons (Fsp3) is 0.533. The predicted octanol–water partition coefficient (Wildman–Crippen LogP) is 2.41. The summed E-state index contributed by atoms with van der Waals surface area (Å²) in [5.74, 6) is 0.0811. The molecule has 1 aliphatic heterocycles. The van der Waals surface area contributed by atoms with Crippen LogP contribution in [0.3, 0.4) is 0 Å². The molecule has 0 aliphatic carbocycles. The van der Waals surface area contributed by atoms with Crippen molar-refractivity contribution in [2.24, 2.45) is 0 Å². The molecule has 1 atom stereocenters. The molecule has 20 heavy (non-hydrogen) atoms. The van der Waals surface area contributed by atoms with Crippen LogP contribution in [-0.4, -0.2) is 49.7 Å². The van der Waals surface area contributed by atoms with E-state index in [1.165, 1.54) is 0 Å². The number of piperazine rings is 1. The number of nitrogens with zero attached hydrogens (tertiary/aromatic N) is 2. The van der Waals surface area contributed by atoms with Gasteiger partial charge in [-0.05, 0) is 32.0 Å². The van der Waals surface area contributed by atoms with Crippen molar-refractivity contribution in [2.45, 2.75) is 20.0 Å². The summed E-state index contributed by atoms with van der Waals surface area (Å²) in [6, 6.07) is 7.83. The van der Waals surface area contributed by atoms with Gasteiger partial charge in [-0.3, -0.25) is 4.79 Å². The van der Waals surface area contributed by atoms with E-state index < -0.39 is 0 Å². The van der Waals surface area contributed by atoms with E-state index in [1.54, 1.807) is 0 Å². The second-order valence-electron chi connectivity index (χ2n) is 4.89. The minimum absolute atomic E-state index is 0.0811. The largest absolute Gasteiger partial charge is 0.369 e. The number of rotatable bonds is 4. The minimum atomic E-state index is -0.349. The lowest BCUT2D eigenvalue weighted by molar-refractivity contribution is -0.142. The molecule has 1 aliphatic rings. The average Bonchev–Trinajstić information content (AvgIpc) is 2.47. The lowest BCUT2D eigenvalue weighted by Crippen LogP contribution is -2.51. The summed E-state index contributed by atoms with van der Waals surface area (Å²) in [7, 11) is 0. The van der Waals surface area contributed by atoms with Gasteiger partial charge in [0, 0.05) is 43.5 Å². The molecule has 0 spiro atoms. The molecule has 0 bridgehead atoms. The summed E-state index contributed by atoms with van der Waals surface area (Å²) in [6.45, 7) is 7.38. The summed E-state index contributed by atoms with van der Waals surface area (Å²) in [5, 5.41) is 0.742. The van der Waals surface area contributed by atoms with E-state index in [1.807, 2.05) is 43.0 Å². The number of amides is 1. The maximum Gasteiger partial charge on any atom is 0.251 e. The van der Waals surface area contributed by atoms with E-state index in [-0.39, 0.29) is 12.0 Å². The number of ether oxygens (including phenoxy) is 1. The first-order valence-electron chi connectivity index (χ1n) is 7.02. The van der Waals surface area contributed by atoms with Crippen LogP contribution in [0.15, 0.2) is 24.3 Å². The molecule has 0 saturated carbocycles. The van der Waals surface area contributed by atoms with Gasteiger partial charge in [0.25, 0.3) is 5.91 Å². The van der Waals surface area contributed by atoms with Gasteiger partial charge >= 0.3 is 0 Å². The molecule has 1 aromatic rings. The SMILES string of the molecule is CCO[C@@H](C)C(=O)N1CCN(c2cccc(Cl)c2)CC1. The van der Waals surface area contributed by atoms with Crippen LogP contribution in [0, 0.1) is 0 Å². The van der Waals surface area contributed by atoms with Crippen molar-refractivity contribution in [1.29, 1.82) is 0 Å². The maximum absolute atomic E-state index is 12.1. The smallest absolute Gasteiger partial charge is 0.251 e. The third-order valence-corrected chi connectivity index (χ3v) is 3.76. The first kappa shape index (κ1) is 15.1. The van der Waals surface area contributed by atoms with Crippen molar-refractivity contribution in [3.05, 3.63) is 29.3 Å². The number of hydrogen-bond acceptors (Lipinski definition) is 3. The highest BCUT2D eigenvalue weighted by molar-refractivity contribution is 6.30. The number of carbonyl (C=O) groups is 1. The van der Waals surface area contributed by atoms with Crippen LogP contribution in [0.25, 0.3) is 0 Å². The third kappa shape index (κ3) is 3.64. The molecule has 0 N–H and O–H groups in total. The Morgan fingerprint density at radius 3 is 2.65 bits per heavy atom. The summed E-state index contributed by atoms with van der Waals surface area (Å²) < 4.78 is 5.36. The molecule has 0 unspecified atom stereocenters. The quantitative estimate of drug-likeness (QED) is 0.855. The van der Waals surface area contributed by atoms with Crippen molar-refractivity contribution in [1.82, 2.24) is 4.90 Å². The van der Waals surface area contributed by atoms with Gasteiger partial charge in [0.15, 0.2) is 0 Å². The lowest BCUT2D eigenvalue weighted by Gasteiger charge is -2.37. The highest BCUT2D eigenvalue weighted by Crippen LogP contribution is 2.21. The summed E-state index contributed by atoms with van der Waals surface area (Å²) in [6.07, 6.45) is -0.349. The first-order valence-corrected chi connectivity index (χ1v) is 7.40. The van der Waals surface area contributed by atoms with Crippen molar-refractivity contribution < 1.29 is 9.53 Å². The fourth-order valence-corrected chi connectivity index (χ4v) is 2.62. The van der Waals surface area contributed by atoms with Gasteiger partial charge in [-0.1, -0.05) is 17.7 Å². The molecule has 1 fully saturated rings. The van der Waals surface area contributed by atoms with Crippen LogP contribution >= 0.6 is 11.6 Å². The fourth-order valence-electron chi connectivity index (χ4n) is 2.44. The first-order chi connectivity index (χ1) is 9.61. The molecule has 110 valence electrons. The predicted molar refractivity (Wildman–Crippen MR) is 81.3 cm³/mol. The molecule has 1 heterocycles. The monoisotopic (exact) mass is 296 g/mol. The molecular weight excluding hydrogens is 276 g/mol. The standard InChI is InChI=1S/C15H21ClN2O2/c1-3-20-12(2)15(19)18-9-7-17(8-10-18)14-6-4-5-13(16)11-14/h4-6,11-12H,3,7-10H2,1-2H3/t12-/m0/s1. The van der Waals surface area contributed by atoms with E-state index in [9.17, 15) is 4.79 Å². The van der Waals surface area contributed by atoms with Crippen molar-refractivity contribution in [3.63, 3.8) is 0 Å². The Kier molecular flexibility index (Phi) is 5.26. The molecular formula is C15H21ClN2O2. The van der Waals surface area contributed by atoms with Gasteiger partial charge in [-0.25, -0.2) is 0 Å². The lowest BCUT2D eigenvalue weighted by atomic mass is 10.2. The Morgan fingerprint density at radius 1 is 1.35 bits per heavy atom. The number of halogens is 1. The number of benzene rings is 1. The maximum atomic E-state index is 12.1. The second-order valence-corrected chi connectivity index (χ2v) is 5.33. The van der Waals surface area contributed by atoms with Crippen molar-refractivity contribution in [2.75, 3.05) is 37.7 Å². The zero-order chi connectivity index (χ0) is 14.5. The van der Waals surface area contributed by atoms with Crippen molar-refractivity contribution in [3.8, 4) is 0 Å². The molecule has 1 amide bonds. The van der Waals surface area contributed by atoms with Crippen LogP contribution in [0.4, 0.5) is 5.69 Å². The Morgan fingerprint density at radius 2 is 2.05 bits per heavy atom. The Bertz CT molecular complexity index is 459. The van der Waals surface area contributed by atoms with Gasteiger partial charge in [0.2, 0.25) is 0 Å². The topological polar surface area (TPSA) is 32.8 Å². The Balaban J connectivity index is 1.91. The van der Waals surface area contributed by atoms with E-state index in [2.05, 4.69) is 4.90 Å². The molecule has 4 nitrogen and oxygen atoms in total. The highest BCUT2D eigenvalue weighted by Gasteiger charge is 2.25.